The van der Waals surface area contributed by atoms with Crippen LogP contribution < -0.4 is 0 Å². The minimum Gasteiger partial charge on any atom is -0.308 e. The highest BCUT2D eigenvalue weighted by molar-refractivity contribution is 7.26. The highest BCUT2D eigenvalue weighted by Crippen LogP contribution is 2.45. The van der Waals surface area contributed by atoms with Crippen molar-refractivity contribution in [2.75, 3.05) is 0 Å². The Balaban J connectivity index is 0.981. The van der Waals surface area contributed by atoms with Crippen molar-refractivity contribution in [3.63, 3.8) is 0 Å². The van der Waals surface area contributed by atoms with E-state index in [0.29, 0.717) is 0 Å². The third-order valence-electron chi connectivity index (χ3n) is 14.5. The van der Waals surface area contributed by atoms with Crippen molar-refractivity contribution in [1.29, 1.82) is 0 Å². The van der Waals surface area contributed by atoms with Crippen LogP contribution in [-0.2, 0) is 0 Å². The summed E-state index contributed by atoms with van der Waals surface area (Å²) in [5.74, 6) is 0.951. The molecule has 1 aliphatic rings. The molecular formula is C62H39N3S3. The maximum absolute atomic E-state index is 5.77. The fraction of sp³-hybridized carbons (Fsp3) is 0.0645. The number of thiophene rings is 3. The van der Waals surface area contributed by atoms with Crippen LogP contribution in [0.5, 0.6) is 0 Å². The lowest BCUT2D eigenvalue weighted by Gasteiger charge is -2.20. The van der Waals surface area contributed by atoms with Crippen LogP contribution in [0.1, 0.15) is 36.1 Å². The first kappa shape index (κ1) is 38.6. The molecule has 0 spiro atoms. The van der Waals surface area contributed by atoms with E-state index in [0.717, 1.165) is 29.1 Å². The predicted octanol–water partition coefficient (Wildman–Crippen LogP) is 18.2. The van der Waals surface area contributed by atoms with E-state index in [4.69, 9.17) is 9.98 Å². The highest BCUT2D eigenvalue weighted by atomic mass is 32.1. The quantitative estimate of drug-likeness (QED) is 0.168. The molecule has 4 aromatic heterocycles. The zero-order chi connectivity index (χ0) is 44.6. The number of nitrogens with zero attached hydrogens (tertiary/aromatic N) is 3. The van der Waals surface area contributed by atoms with Gasteiger partial charge in [0.2, 0.25) is 0 Å². The third kappa shape index (κ3) is 5.88. The molecule has 2 atom stereocenters. The molecular weight excluding hydrogens is 883 g/mol. The van der Waals surface area contributed by atoms with Crippen molar-refractivity contribution in [1.82, 2.24) is 4.57 Å². The van der Waals surface area contributed by atoms with Crippen LogP contribution in [0.3, 0.4) is 0 Å². The SMILES string of the molecule is C[C@@H]1CC(c2cc(-n3c4cc5ccccc5cc4c4cc5ccccc5cc43)c3sc4ccccc4c3c2)=NC(c2ccc3c(c2)sc2ccccc23)=NC1c1ccc2c(c1)sc1ccccc12. The average molecular weight is 922 g/mol. The van der Waals surface area contributed by atoms with Gasteiger partial charge < -0.3 is 4.57 Å². The molecule has 0 amide bonds. The van der Waals surface area contributed by atoms with Gasteiger partial charge in [-0.1, -0.05) is 134 Å². The Labute approximate surface area is 403 Å². The van der Waals surface area contributed by atoms with Gasteiger partial charge >= 0.3 is 0 Å². The Hall–Kier alpha value is -7.48. The first-order valence-electron chi connectivity index (χ1n) is 23.4. The zero-order valence-corrected chi connectivity index (χ0v) is 39.4. The summed E-state index contributed by atoms with van der Waals surface area (Å²) in [6.07, 6.45) is 0.767. The summed E-state index contributed by atoms with van der Waals surface area (Å²) < 4.78 is 10.3. The molecule has 3 nitrogen and oxygen atoms in total. The molecule has 68 heavy (non-hydrogen) atoms. The van der Waals surface area contributed by atoms with Gasteiger partial charge in [0.1, 0.15) is 0 Å². The number of aliphatic imine (C=N–C) groups is 2. The topological polar surface area (TPSA) is 29.6 Å². The summed E-state index contributed by atoms with van der Waals surface area (Å²) in [4.78, 5) is 11.5. The molecule has 0 saturated heterocycles. The van der Waals surface area contributed by atoms with Gasteiger partial charge in [-0.3, -0.25) is 4.99 Å². The Bertz CT molecular complexity index is 4430. The summed E-state index contributed by atoms with van der Waals surface area (Å²) in [5, 5.41) is 15.2. The number of aromatic nitrogens is 1. The van der Waals surface area contributed by atoms with Crippen molar-refractivity contribution < 1.29 is 0 Å². The molecule has 0 fully saturated rings. The Morgan fingerprint density at radius 2 is 0.941 bits per heavy atom. The van der Waals surface area contributed by atoms with Crippen LogP contribution in [0.2, 0.25) is 0 Å². The second-order valence-corrected chi connectivity index (χ2v) is 21.8. The van der Waals surface area contributed by atoms with E-state index in [-0.39, 0.29) is 12.0 Å². The van der Waals surface area contributed by atoms with Gasteiger partial charge in [0.25, 0.3) is 0 Å². The van der Waals surface area contributed by atoms with Crippen molar-refractivity contribution in [2.45, 2.75) is 19.4 Å². The Morgan fingerprint density at radius 3 is 1.57 bits per heavy atom. The monoisotopic (exact) mass is 921 g/mol. The number of hydrogen-bond acceptors (Lipinski definition) is 5. The Kier molecular flexibility index (Phi) is 8.38. The van der Waals surface area contributed by atoms with Crippen molar-refractivity contribution in [3.05, 3.63) is 211 Å². The molecule has 1 aliphatic heterocycles. The van der Waals surface area contributed by atoms with Gasteiger partial charge in [0, 0.05) is 72.2 Å². The largest absolute Gasteiger partial charge is 0.308 e. The van der Waals surface area contributed by atoms with E-state index in [2.05, 4.69) is 206 Å². The van der Waals surface area contributed by atoms with Crippen LogP contribution in [0.4, 0.5) is 0 Å². The number of hydrogen-bond donors (Lipinski definition) is 0. The first-order valence-corrected chi connectivity index (χ1v) is 25.8. The average Bonchev–Trinajstić information content (AvgIpc) is 4.11. The summed E-state index contributed by atoms with van der Waals surface area (Å²) >= 11 is 5.61. The molecule has 0 N–H and O–H groups in total. The summed E-state index contributed by atoms with van der Waals surface area (Å²) in [7, 11) is 0. The molecule has 0 aliphatic carbocycles. The number of benzene rings is 10. The van der Waals surface area contributed by atoms with Gasteiger partial charge in [-0.2, -0.15) is 0 Å². The lowest BCUT2D eigenvalue weighted by Crippen LogP contribution is -2.12. The minimum absolute atomic E-state index is 0.0944. The molecule has 0 radical (unpaired) electrons. The molecule has 15 rings (SSSR count). The van der Waals surface area contributed by atoms with E-state index in [1.54, 1.807) is 0 Å². The lowest BCUT2D eigenvalue weighted by atomic mass is 9.88. The maximum atomic E-state index is 5.77. The van der Waals surface area contributed by atoms with Crippen LogP contribution >= 0.6 is 34.0 Å². The first-order chi connectivity index (χ1) is 33.6. The Morgan fingerprint density at radius 1 is 0.426 bits per heavy atom. The van der Waals surface area contributed by atoms with Crippen molar-refractivity contribution >= 4 is 149 Å². The molecule has 5 heterocycles. The minimum atomic E-state index is -0.0944. The lowest BCUT2D eigenvalue weighted by molar-refractivity contribution is 0.494. The van der Waals surface area contributed by atoms with E-state index in [9.17, 15) is 0 Å². The van der Waals surface area contributed by atoms with E-state index >= 15 is 0 Å². The molecule has 14 aromatic rings. The van der Waals surface area contributed by atoms with Crippen LogP contribution in [0.15, 0.2) is 204 Å². The smallest absolute Gasteiger partial charge is 0.155 e. The van der Waals surface area contributed by atoms with Gasteiger partial charge in [-0.05, 0) is 112 Å². The van der Waals surface area contributed by atoms with Crippen LogP contribution in [0.25, 0.3) is 110 Å². The fourth-order valence-corrected chi connectivity index (χ4v) is 14.7. The fourth-order valence-electron chi connectivity index (χ4n) is 11.2. The van der Waals surface area contributed by atoms with Crippen molar-refractivity contribution in [2.24, 2.45) is 15.9 Å². The van der Waals surface area contributed by atoms with Crippen LogP contribution in [0, 0.1) is 5.92 Å². The van der Waals surface area contributed by atoms with Crippen molar-refractivity contribution in [3.8, 4) is 5.69 Å². The normalized spacial score (nSPS) is 15.8. The van der Waals surface area contributed by atoms with E-state index in [1.165, 1.54) is 115 Å². The molecule has 320 valence electrons. The van der Waals surface area contributed by atoms with Gasteiger partial charge in [0.05, 0.1) is 33.2 Å². The molecule has 6 heteroatoms. The molecule has 0 saturated carbocycles. The molecule has 0 bridgehead atoms. The number of fused-ring (bicyclic) bond motifs is 14. The standard InChI is InChI=1S/C62H39N3S3/c1-35-26-51(63-62(41-23-25-47-44-17-7-10-20-56(44)67-59(47)34-41)64-60(35)40-22-24-46-43-16-6-9-19-55(43)66-58(46)33-40)42-29-50-45-18-8-11-21-57(45)68-61(50)54(32-42)65-52-30-38-14-4-2-12-36(38)27-48(52)49-28-37-13-3-5-15-39(37)31-53(49)65/h2-25,27-35,60H,26H2,1H3/t35-,60?/m1/s1. The predicted molar refractivity (Wildman–Crippen MR) is 297 cm³/mol. The summed E-state index contributed by atoms with van der Waals surface area (Å²) in [6.45, 7) is 2.37. The third-order valence-corrected chi connectivity index (χ3v) is 17.9. The van der Waals surface area contributed by atoms with Crippen LogP contribution in [-0.4, -0.2) is 16.1 Å². The van der Waals surface area contributed by atoms with E-state index in [1.807, 2.05) is 34.0 Å². The van der Waals surface area contributed by atoms with Gasteiger partial charge in [-0.25, -0.2) is 4.99 Å². The number of rotatable bonds is 4. The van der Waals surface area contributed by atoms with Gasteiger partial charge in [-0.15, -0.1) is 34.0 Å². The summed E-state index contributed by atoms with van der Waals surface area (Å²) in [6, 6.07) is 72.2. The maximum Gasteiger partial charge on any atom is 0.155 e. The van der Waals surface area contributed by atoms with Gasteiger partial charge in [0.15, 0.2) is 5.84 Å². The molecule has 1 unspecified atom stereocenters. The zero-order valence-electron chi connectivity index (χ0n) is 36.9. The number of amidine groups is 1. The molecule has 10 aromatic carbocycles. The highest BCUT2D eigenvalue weighted by Gasteiger charge is 2.28. The summed E-state index contributed by atoms with van der Waals surface area (Å²) in [5.41, 5.74) is 8.07. The second-order valence-electron chi connectivity index (χ2n) is 18.5. The van der Waals surface area contributed by atoms with E-state index < -0.39 is 0 Å². The second kappa shape index (κ2) is 14.8.